The third-order valence-electron chi connectivity index (χ3n) is 2.94. The molecule has 1 aliphatic rings. The number of ether oxygens (including phenoxy) is 1. The molecule has 1 atom stereocenters. The molecule has 1 saturated carbocycles. The van der Waals surface area contributed by atoms with Crippen LogP contribution in [0.25, 0.3) is 0 Å². The van der Waals surface area contributed by atoms with Gasteiger partial charge in [-0.2, -0.15) is 0 Å². The molecule has 1 fully saturated rings. The summed E-state index contributed by atoms with van der Waals surface area (Å²) >= 11 is -0.145. The molecule has 3 heteroatoms. The van der Waals surface area contributed by atoms with Gasteiger partial charge in [0.1, 0.15) is 0 Å². The summed E-state index contributed by atoms with van der Waals surface area (Å²) in [6, 6.07) is 10.3. The van der Waals surface area contributed by atoms with E-state index in [1.165, 1.54) is 12.0 Å². The van der Waals surface area contributed by atoms with Gasteiger partial charge in [-0.3, -0.25) is 0 Å². The van der Waals surface area contributed by atoms with E-state index < -0.39 is 0 Å². The Morgan fingerprint density at radius 3 is 2.88 bits per heavy atom. The van der Waals surface area contributed by atoms with Gasteiger partial charge in [-0.05, 0) is 0 Å². The molecule has 1 unspecified atom stereocenters. The molecule has 0 amide bonds. The predicted octanol–water partition coefficient (Wildman–Crippen LogP) is 2.80. The molecule has 1 aromatic carbocycles. The molecule has 0 bridgehead atoms. The van der Waals surface area contributed by atoms with Crippen molar-refractivity contribution in [3.05, 3.63) is 35.9 Å². The van der Waals surface area contributed by atoms with Gasteiger partial charge in [0, 0.05) is 0 Å². The van der Waals surface area contributed by atoms with E-state index in [2.05, 4.69) is 12.1 Å². The summed E-state index contributed by atoms with van der Waals surface area (Å²) in [5, 5.41) is 0. The second kappa shape index (κ2) is 7.16. The molecular formula is C14H18O2Te. The van der Waals surface area contributed by atoms with Crippen molar-refractivity contribution in [3.8, 4) is 0 Å². The van der Waals surface area contributed by atoms with Gasteiger partial charge in [0.05, 0.1) is 0 Å². The van der Waals surface area contributed by atoms with Crippen molar-refractivity contribution in [2.24, 2.45) is 0 Å². The van der Waals surface area contributed by atoms with Crippen molar-refractivity contribution in [1.29, 1.82) is 0 Å². The molecule has 2 rings (SSSR count). The SMILES string of the molecule is O=C1CCCC([Te]COCc2ccccc2)C1. The topological polar surface area (TPSA) is 26.3 Å². The third-order valence-corrected chi connectivity index (χ3v) is 6.29. The van der Waals surface area contributed by atoms with Crippen molar-refractivity contribution in [3.63, 3.8) is 0 Å². The predicted molar refractivity (Wildman–Crippen MR) is 69.1 cm³/mol. The van der Waals surface area contributed by atoms with Crippen LogP contribution >= 0.6 is 0 Å². The Balaban J connectivity index is 1.61. The number of carbonyl (C=O) groups is 1. The average Bonchev–Trinajstić information content (AvgIpc) is 2.36. The van der Waals surface area contributed by atoms with Crippen LogP contribution in [-0.4, -0.2) is 31.4 Å². The second-order valence-corrected chi connectivity index (χ2v) is 7.90. The van der Waals surface area contributed by atoms with Crippen LogP contribution in [0.4, 0.5) is 0 Å². The molecule has 1 aliphatic carbocycles. The van der Waals surface area contributed by atoms with Crippen LogP contribution in [0.3, 0.4) is 0 Å². The molecule has 0 radical (unpaired) electrons. The summed E-state index contributed by atoms with van der Waals surface area (Å²) in [6.45, 7) is 0.715. The first-order valence-electron chi connectivity index (χ1n) is 6.09. The van der Waals surface area contributed by atoms with Gasteiger partial charge < -0.3 is 0 Å². The zero-order valence-electron chi connectivity index (χ0n) is 9.93. The van der Waals surface area contributed by atoms with Crippen LogP contribution in [0.5, 0.6) is 0 Å². The normalized spacial score (nSPS) is 20.5. The Hall–Kier alpha value is -0.360. The minimum atomic E-state index is -0.145. The Morgan fingerprint density at radius 2 is 2.12 bits per heavy atom. The molecule has 17 heavy (non-hydrogen) atoms. The summed E-state index contributed by atoms with van der Waals surface area (Å²) in [5.74, 6) is 0.467. The van der Waals surface area contributed by atoms with Gasteiger partial charge in [-0.1, -0.05) is 0 Å². The fourth-order valence-electron chi connectivity index (χ4n) is 2.01. The summed E-state index contributed by atoms with van der Waals surface area (Å²) in [4.78, 5) is 11.3. The van der Waals surface area contributed by atoms with Crippen LogP contribution in [0.2, 0.25) is 3.97 Å². The quantitative estimate of drug-likeness (QED) is 0.606. The maximum absolute atomic E-state index is 11.3. The first-order chi connectivity index (χ1) is 8.34. The molecule has 0 aliphatic heterocycles. The zero-order valence-corrected chi connectivity index (χ0v) is 12.3. The van der Waals surface area contributed by atoms with Crippen LogP contribution in [0, 0.1) is 0 Å². The van der Waals surface area contributed by atoms with Crippen molar-refractivity contribution in [2.45, 2.75) is 36.3 Å². The fourth-order valence-corrected chi connectivity index (χ4v) is 4.89. The van der Waals surface area contributed by atoms with E-state index >= 15 is 0 Å². The Labute approximate surface area is 113 Å². The van der Waals surface area contributed by atoms with Crippen molar-refractivity contribution >= 4 is 26.7 Å². The molecule has 1 aromatic rings. The first kappa shape index (κ1) is 13.1. The monoisotopic (exact) mass is 348 g/mol. The Bertz CT molecular complexity index is 350. The number of carbonyl (C=O) groups excluding carboxylic acids is 1. The van der Waals surface area contributed by atoms with E-state index in [-0.39, 0.29) is 20.9 Å². The van der Waals surface area contributed by atoms with Crippen LogP contribution < -0.4 is 0 Å². The molecule has 0 spiro atoms. The van der Waals surface area contributed by atoms with Gasteiger partial charge >= 0.3 is 113 Å². The molecule has 0 heterocycles. The molecular weight excluding hydrogens is 328 g/mol. The summed E-state index contributed by atoms with van der Waals surface area (Å²) in [5.41, 5.74) is 1.24. The van der Waals surface area contributed by atoms with Gasteiger partial charge in [0.15, 0.2) is 0 Å². The van der Waals surface area contributed by atoms with E-state index in [0.29, 0.717) is 16.4 Å². The molecule has 2 nitrogen and oxygen atoms in total. The fraction of sp³-hybridized carbons (Fsp3) is 0.500. The maximum atomic E-state index is 11.3. The Kier molecular flexibility index (Phi) is 5.51. The van der Waals surface area contributed by atoms with E-state index in [0.717, 1.165) is 23.9 Å². The van der Waals surface area contributed by atoms with E-state index in [4.69, 9.17) is 4.74 Å². The van der Waals surface area contributed by atoms with E-state index in [9.17, 15) is 4.79 Å². The van der Waals surface area contributed by atoms with Crippen LogP contribution in [0.15, 0.2) is 30.3 Å². The molecule has 0 saturated heterocycles. The summed E-state index contributed by atoms with van der Waals surface area (Å²) in [7, 11) is 0. The third kappa shape index (κ3) is 4.79. The number of ketones is 1. The second-order valence-electron chi connectivity index (χ2n) is 4.38. The van der Waals surface area contributed by atoms with Crippen LogP contribution in [-0.2, 0) is 16.1 Å². The number of hydrogen-bond acceptors (Lipinski definition) is 2. The number of benzene rings is 1. The molecule has 0 aromatic heterocycles. The summed E-state index contributed by atoms with van der Waals surface area (Å²) in [6.07, 6.45) is 4.00. The van der Waals surface area contributed by atoms with Crippen molar-refractivity contribution < 1.29 is 9.53 Å². The van der Waals surface area contributed by atoms with Gasteiger partial charge in [0.25, 0.3) is 0 Å². The minimum absolute atomic E-state index is 0.145. The van der Waals surface area contributed by atoms with Gasteiger partial charge in [-0.15, -0.1) is 0 Å². The Morgan fingerprint density at radius 1 is 1.29 bits per heavy atom. The standard InChI is InChI=1S/C14H18O2Te/c15-13-7-4-8-14(9-13)17-11-16-10-12-5-2-1-3-6-12/h1-3,5-6,14H,4,7-11H2. The molecule has 92 valence electrons. The number of Topliss-reactive ketones (excluding diaryl/α,β-unsaturated/α-hetero) is 1. The molecule has 0 N–H and O–H groups in total. The van der Waals surface area contributed by atoms with Crippen molar-refractivity contribution in [2.75, 3.05) is 4.65 Å². The van der Waals surface area contributed by atoms with E-state index in [1.54, 1.807) is 0 Å². The zero-order chi connectivity index (χ0) is 11.9. The number of hydrogen-bond donors (Lipinski definition) is 0. The average molecular weight is 346 g/mol. The van der Waals surface area contributed by atoms with Gasteiger partial charge in [0.2, 0.25) is 0 Å². The van der Waals surface area contributed by atoms with E-state index in [1.807, 2.05) is 18.2 Å². The first-order valence-corrected chi connectivity index (χ1v) is 9.09. The number of rotatable bonds is 5. The van der Waals surface area contributed by atoms with Crippen LogP contribution in [0.1, 0.15) is 31.2 Å². The summed E-state index contributed by atoms with van der Waals surface area (Å²) < 4.78 is 7.30. The van der Waals surface area contributed by atoms with Crippen molar-refractivity contribution in [1.82, 2.24) is 0 Å². The van der Waals surface area contributed by atoms with Gasteiger partial charge in [-0.25, -0.2) is 0 Å².